The van der Waals surface area contributed by atoms with Crippen LogP contribution in [0, 0.1) is 19.7 Å². The second-order valence-corrected chi connectivity index (χ2v) is 8.02. The number of aryl methyl sites for hydroxylation is 2. The van der Waals surface area contributed by atoms with Crippen LogP contribution in [0.1, 0.15) is 29.8 Å². The highest BCUT2D eigenvalue weighted by molar-refractivity contribution is 5.95. The Kier molecular flexibility index (Phi) is 4.97. The van der Waals surface area contributed by atoms with Crippen molar-refractivity contribution in [1.82, 2.24) is 14.7 Å². The Morgan fingerprint density at radius 1 is 1.21 bits per heavy atom. The van der Waals surface area contributed by atoms with Crippen molar-refractivity contribution < 1.29 is 13.9 Å². The largest absolute Gasteiger partial charge is 0.362 e. The Labute approximate surface area is 164 Å². The minimum atomic E-state index is -0.384. The fraction of sp³-hybridized carbons (Fsp3) is 0.524. The predicted molar refractivity (Wildman–Crippen MR) is 105 cm³/mol. The molecule has 0 aliphatic carbocycles. The van der Waals surface area contributed by atoms with E-state index in [0.717, 1.165) is 43.9 Å². The third-order valence-electron chi connectivity index (χ3n) is 6.05. The monoisotopic (exact) mass is 386 g/mol. The molecule has 0 radical (unpaired) electrons. The number of anilines is 1. The maximum absolute atomic E-state index is 13.3. The van der Waals surface area contributed by atoms with Gasteiger partial charge in [-0.1, -0.05) is 0 Å². The maximum atomic E-state index is 13.3. The number of carbonyl (C=O) groups excluding carboxylic acids is 1. The average molecular weight is 386 g/mol. The maximum Gasteiger partial charge on any atom is 0.253 e. The molecule has 1 atom stereocenters. The van der Waals surface area contributed by atoms with Crippen LogP contribution in [0.2, 0.25) is 0 Å². The lowest BCUT2D eigenvalue weighted by Crippen LogP contribution is -2.61. The van der Waals surface area contributed by atoms with Gasteiger partial charge < -0.3 is 9.64 Å². The van der Waals surface area contributed by atoms with E-state index in [4.69, 9.17) is 4.74 Å². The van der Waals surface area contributed by atoms with E-state index in [0.29, 0.717) is 6.54 Å². The number of morpholine rings is 1. The van der Waals surface area contributed by atoms with Crippen molar-refractivity contribution >= 4 is 11.6 Å². The van der Waals surface area contributed by atoms with E-state index >= 15 is 0 Å². The molecule has 1 aromatic carbocycles. The average Bonchev–Trinajstić information content (AvgIpc) is 2.91. The molecular formula is C21H27FN4O2. The first-order chi connectivity index (χ1) is 13.4. The Balaban J connectivity index is 1.52. The minimum absolute atomic E-state index is 0.0656. The number of hydrogen-bond acceptors (Lipinski definition) is 4. The third kappa shape index (κ3) is 3.56. The van der Waals surface area contributed by atoms with Gasteiger partial charge in [0.1, 0.15) is 12.4 Å². The molecule has 4 rings (SSSR count). The van der Waals surface area contributed by atoms with E-state index in [-0.39, 0.29) is 23.9 Å². The van der Waals surface area contributed by atoms with Crippen LogP contribution in [0.3, 0.4) is 0 Å². The molecule has 2 fully saturated rings. The van der Waals surface area contributed by atoms with E-state index in [1.165, 1.54) is 23.4 Å². The van der Waals surface area contributed by atoms with E-state index in [1.54, 1.807) is 17.0 Å². The van der Waals surface area contributed by atoms with Gasteiger partial charge in [0.15, 0.2) is 0 Å². The first-order valence-electron chi connectivity index (χ1n) is 9.78. The molecule has 3 heterocycles. The number of halogens is 1. The quantitative estimate of drug-likeness (QED) is 0.814. The zero-order valence-electron chi connectivity index (χ0n) is 16.7. The highest BCUT2D eigenvalue weighted by Crippen LogP contribution is 2.32. The molecule has 0 N–H and O–H groups in total. The summed E-state index contributed by atoms with van der Waals surface area (Å²) in [6, 6.07) is 6.11. The van der Waals surface area contributed by atoms with Crippen LogP contribution in [-0.2, 0) is 23.1 Å². The van der Waals surface area contributed by atoms with Crippen molar-refractivity contribution in [3.05, 3.63) is 47.0 Å². The van der Waals surface area contributed by atoms with E-state index in [2.05, 4.69) is 16.9 Å². The summed E-state index contributed by atoms with van der Waals surface area (Å²) in [5, 5.41) is 4.52. The van der Waals surface area contributed by atoms with Crippen LogP contribution in [0.4, 0.5) is 10.1 Å². The van der Waals surface area contributed by atoms with Crippen molar-refractivity contribution in [2.24, 2.45) is 7.05 Å². The van der Waals surface area contributed by atoms with Gasteiger partial charge in [-0.15, -0.1) is 0 Å². The number of likely N-dealkylation sites (tertiary alicyclic amines) is 1. The van der Waals surface area contributed by atoms with Crippen LogP contribution in [-0.4, -0.2) is 52.4 Å². The molecule has 2 saturated heterocycles. The zero-order valence-corrected chi connectivity index (χ0v) is 16.7. The van der Waals surface area contributed by atoms with Gasteiger partial charge in [0.2, 0.25) is 0 Å². The van der Waals surface area contributed by atoms with Crippen LogP contribution < -0.4 is 4.90 Å². The van der Waals surface area contributed by atoms with Crippen molar-refractivity contribution in [3.63, 3.8) is 0 Å². The number of nitrogens with zero attached hydrogens (tertiary/aromatic N) is 4. The Morgan fingerprint density at radius 2 is 1.96 bits per heavy atom. The van der Waals surface area contributed by atoms with Crippen LogP contribution in [0.15, 0.2) is 24.3 Å². The van der Waals surface area contributed by atoms with Gasteiger partial charge in [-0.3, -0.25) is 14.4 Å². The van der Waals surface area contributed by atoms with Gasteiger partial charge in [0, 0.05) is 37.1 Å². The SMILES string of the molecule is Cc1nn(C)c(C)c1CN1CCCC2(C1)CN(c1ccc(F)cc1)C(=O)CO2. The van der Waals surface area contributed by atoms with Crippen molar-refractivity contribution in [2.45, 2.75) is 38.8 Å². The first-order valence-corrected chi connectivity index (χ1v) is 9.78. The molecular weight excluding hydrogens is 359 g/mol. The minimum Gasteiger partial charge on any atom is -0.362 e. The lowest BCUT2D eigenvalue weighted by atomic mass is 9.90. The third-order valence-corrected chi connectivity index (χ3v) is 6.05. The van der Waals surface area contributed by atoms with Gasteiger partial charge in [0.25, 0.3) is 5.91 Å². The fourth-order valence-corrected chi connectivity index (χ4v) is 4.41. The number of amides is 1. The number of hydrogen-bond donors (Lipinski definition) is 0. The molecule has 0 bridgehead atoms. The Bertz CT molecular complexity index is 879. The Morgan fingerprint density at radius 3 is 2.64 bits per heavy atom. The number of benzene rings is 1. The van der Waals surface area contributed by atoms with Gasteiger partial charge in [-0.25, -0.2) is 4.39 Å². The van der Waals surface area contributed by atoms with Gasteiger partial charge in [0.05, 0.1) is 17.8 Å². The Hall–Kier alpha value is -2.25. The smallest absolute Gasteiger partial charge is 0.253 e. The lowest BCUT2D eigenvalue weighted by Gasteiger charge is -2.47. The molecule has 1 amide bonds. The molecule has 150 valence electrons. The number of carbonyl (C=O) groups is 1. The number of piperidine rings is 1. The second kappa shape index (κ2) is 7.29. The molecule has 1 spiro atoms. The summed E-state index contributed by atoms with van der Waals surface area (Å²) < 4.78 is 21.3. The van der Waals surface area contributed by atoms with Crippen molar-refractivity contribution in [1.29, 1.82) is 0 Å². The predicted octanol–water partition coefficient (Wildman–Crippen LogP) is 2.57. The number of ether oxygens (including phenoxy) is 1. The van der Waals surface area contributed by atoms with Crippen molar-refractivity contribution in [3.8, 4) is 0 Å². The van der Waals surface area contributed by atoms with E-state index < -0.39 is 0 Å². The van der Waals surface area contributed by atoms with Gasteiger partial charge in [-0.2, -0.15) is 5.10 Å². The highest BCUT2D eigenvalue weighted by atomic mass is 19.1. The molecule has 1 unspecified atom stereocenters. The van der Waals surface area contributed by atoms with Crippen LogP contribution in [0.25, 0.3) is 0 Å². The molecule has 7 heteroatoms. The van der Waals surface area contributed by atoms with Crippen LogP contribution >= 0.6 is 0 Å². The summed E-state index contributed by atoms with van der Waals surface area (Å²) in [6.07, 6.45) is 1.93. The molecule has 2 aromatic rings. The fourth-order valence-electron chi connectivity index (χ4n) is 4.41. The topological polar surface area (TPSA) is 50.6 Å². The van der Waals surface area contributed by atoms with Crippen molar-refractivity contribution in [2.75, 3.05) is 31.1 Å². The van der Waals surface area contributed by atoms with Crippen LogP contribution in [0.5, 0.6) is 0 Å². The standard InChI is InChI=1S/C21H27FN4O2/c1-15-19(16(2)24(3)23-15)11-25-10-4-9-21(13-25)14-26(20(27)12-28-21)18-7-5-17(22)6-8-18/h5-8H,4,9-14H2,1-3H3. The molecule has 6 nitrogen and oxygen atoms in total. The summed E-state index contributed by atoms with van der Waals surface area (Å²) in [4.78, 5) is 16.6. The molecule has 28 heavy (non-hydrogen) atoms. The molecule has 1 aromatic heterocycles. The number of aromatic nitrogens is 2. The summed E-state index contributed by atoms with van der Waals surface area (Å²) >= 11 is 0. The highest BCUT2D eigenvalue weighted by Gasteiger charge is 2.43. The summed E-state index contributed by atoms with van der Waals surface area (Å²) in [7, 11) is 1.97. The normalized spacial score (nSPS) is 23.6. The summed E-state index contributed by atoms with van der Waals surface area (Å²) in [5.74, 6) is -0.376. The zero-order chi connectivity index (χ0) is 19.9. The first kappa shape index (κ1) is 19.1. The van der Waals surface area contributed by atoms with Gasteiger partial charge in [-0.05, 0) is 57.5 Å². The molecule has 2 aliphatic rings. The number of rotatable bonds is 3. The molecule has 2 aliphatic heterocycles. The van der Waals surface area contributed by atoms with E-state index in [9.17, 15) is 9.18 Å². The molecule has 0 saturated carbocycles. The summed E-state index contributed by atoms with van der Waals surface area (Å²) in [6.45, 7) is 7.32. The van der Waals surface area contributed by atoms with Gasteiger partial charge >= 0.3 is 0 Å². The second-order valence-electron chi connectivity index (χ2n) is 8.02. The summed E-state index contributed by atoms with van der Waals surface area (Å²) in [5.41, 5.74) is 3.86. The van der Waals surface area contributed by atoms with E-state index in [1.807, 2.05) is 18.7 Å². The lowest BCUT2D eigenvalue weighted by molar-refractivity contribution is -0.146.